The number of hydrogen-bond acceptors (Lipinski definition) is 7. The van der Waals surface area contributed by atoms with Crippen molar-refractivity contribution in [2.75, 3.05) is 7.05 Å². The van der Waals surface area contributed by atoms with E-state index in [-0.39, 0.29) is 23.0 Å². The van der Waals surface area contributed by atoms with Crippen LogP contribution in [-0.4, -0.2) is 48.4 Å². The van der Waals surface area contributed by atoms with Gasteiger partial charge < -0.3 is 19.9 Å². The van der Waals surface area contributed by atoms with E-state index in [2.05, 4.69) is 4.98 Å². The second-order valence-corrected chi connectivity index (χ2v) is 10.4. The van der Waals surface area contributed by atoms with Crippen molar-refractivity contribution in [2.24, 2.45) is 5.73 Å². The summed E-state index contributed by atoms with van der Waals surface area (Å²) in [6.07, 6.45) is -0.750. The Kier molecular flexibility index (Phi) is 7.87. The molecule has 3 aromatic carbocycles. The second kappa shape index (κ2) is 11.1. The van der Waals surface area contributed by atoms with Crippen molar-refractivity contribution in [3.63, 3.8) is 0 Å². The second-order valence-electron chi connectivity index (χ2n) is 8.84. The molecule has 37 heavy (non-hydrogen) atoms. The predicted octanol–water partition coefficient (Wildman–Crippen LogP) is 3.45. The van der Waals surface area contributed by atoms with E-state index in [0.29, 0.717) is 22.2 Å². The van der Waals surface area contributed by atoms with Crippen LogP contribution in [0.25, 0.3) is 10.9 Å². The van der Waals surface area contributed by atoms with Crippen LogP contribution in [-0.2, 0) is 21.3 Å². The maximum Gasteiger partial charge on any atom is 0.339 e. The van der Waals surface area contributed by atoms with Crippen LogP contribution in [0, 0.1) is 0 Å². The smallest absolute Gasteiger partial charge is 0.339 e. The van der Waals surface area contributed by atoms with Gasteiger partial charge >= 0.3 is 10.1 Å². The molecule has 0 aliphatic rings. The number of rotatable bonds is 9. The Morgan fingerprint density at radius 1 is 0.973 bits per heavy atom. The number of carbonyl (C=O) groups is 1. The molecule has 0 aliphatic carbocycles. The van der Waals surface area contributed by atoms with Crippen LogP contribution in [0.15, 0.2) is 95.9 Å². The predicted molar refractivity (Wildman–Crippen MR) is 141 cm³/mol. The zero-order valence-corrected chi connectivity index (χ0v) is 21.4. The van der Waals surface area contributed by atoms with Gasteiger partial charge in [-0.2, -0.15) is 8.42 Å². The third-order valence-corrected chi connectivity index (χ3v) is 7.52. The van der Waals surface area contributed by atoms with Gasteiger partial charge in [-0.15, -0.1) is 0 Å². The first kappa shape index (κ1) is 26.3. The molecule has 8 nitrogen and oxygen atoms in total. The number of likely N-dealkylation sites (N-methyl/N-ethyl adjacent to an activating group) is 1. The minimum absolute atomic E-state index is 0.0330. The number of pyridine rings is 1. The molecule has 0 radical (unpaired) electrons. The first-order chi connectivity index (χ1) is 17.7. The minimum atomic E-state index is -4.06. The zero-order chi connectivity index (χ0) is 26.6. The lowest BCUT2D eigenvalue weighted by atomic mass is 10.0. The Balaban J connectivity index is 1.52. The van der Waals surface area contributed by atoms with E-state index in [4.69, 9.17) is 9.92 Å². The summed E-state index contributed by atoms with van der Waals surface area (Å²) in [5.41, 5.74) is 7.81. The van der Waals surface area contributed by atoms with E-state index in [1.807, 2.05) is 18.2 Å². The highest BCUT2D eigenvalue weighted by Gasteiger charge is 2.28. The fourth-order valence-electron chi connectivity index (χ4n) is 4.01. The molecular weight excluding hydrogens is 490 g/mol. The number of amides is 1. The number of nitrogens with two attached hydrogens (primary N) is 1. The van der Waals surface area contributed by atoms with Crippen LogP contribution in [0.3, 0.4) is 0 Å². The molecule has 3 atom stereocenters. The molecule has 0 unspecified atom stereocenters. The number of carbonyl (C=O) groups excluding carboxylic acids is 1. The van der Waals surface area contributed by atoms with Crippen LogP contribution in [0.4, 0.5) is 0 Å². The van der Waals surface area contributed by atoms with Crippen molar-refractivity contribution in [3.8, 4) is 5.75 Å². The van der Waals surface area contributed by atoms with Gasteiger partial charge in [-0.1, -0.05) is 66.7 Å². The van der Waals surface area contributed by atoms with Crippen LogP contribution in [0.5, 0.6) is 5.75 Å². The average Bonchev–Trinajstić information content (AvgIpc) is 2.92. The molecule has 0 saturated heterocycles. The Hall–Kier alpha value is -3.79. The van der Waals surface area contributed by atoms with Crippen molar-refractivity contribution in [3.05, 3.63) is 102 Å². The normalized spacial score (nSPS) is 14.1. The highest BCUT2D eigenvalue weighted by molar-refractivity contribution is 7.87. The molecule has 1 heterocycles. The maximum absolute atomic E-state index is 13.1. The summed E-state index contributed by atoms with van der Waals surface area (Å²) >= 11 is 0. The van der Waals surface area contributed by atoms with Gasteiger partial charge in [0.25, 0.3) is 0 Å². The van der Waals surface area contributed by atoms with Crippen molar-refractivity contribution >= 4 is 26.9 Å². The van der Waals surface area contributed by atoms with Gasteiger partial charge in [-0.3, -0.25) is 4.79 Å². The molecule has 0 aliphatic heterocycles. The highest BCUT2D eigenvalue weighted by atomic mass is 32.2. The number of hydrogen-bond donors (Lipinski definition) is 2. The van der Waals surface area contributed by atoms with Crippen molar-refractivity contribution in [1.82, 2.24) is 9.88 Å². The Bertz CT molecular complexity index is 1480. The molecule has 1 aromatic heterocycles. The number of fused-ring (bicyclic) bond motifs is 1. The monoisotopic (exact) mass is 519 g/mol. The summed E-state index contributed by atoms with van der Waals surface area (Å²) in [6.45, 7) is 1.76. The number of nitrogens with zero attached hydrogens (tertiary/aromatic N) is 2. The standard InChI is InChI=1S/C28H29N3O5S/c1-19(27(32)21-10-5-3-6-11-21)31(2)28(33)24(29)18-22-17-16-20-12-9-15-25(26(20)30-22)36-37(34,35)23-13-7-4-8-14-23/h3-17,19,24,27,32H,18,29H2,1-2H3/t19-,24+,27+/m1/s1. The zero-order valence-electron chi connectivity index (χ0n) is 20.6. The van der Waals surface area contributed by atoms with Crippen molar-refractivity contribution in [1.29, 1.82) is 0 Å². The fourth-order valence-corrected chi connectivity index (χ4v) is 4.97. The first-order valence-electron chi connectivity index (χ1n) is 11.8. The molecule has 3 N–H and O–H groups in total. The Labute approximate surface area is 216 Å². The van der Waals surface area contributed by atoms with Gasteiger partial charge in [0.15, 0.2) is 5.75 Å². The van der Waals surface area contributed by atoms with Crippen LogP contribution in [0.1, 0.15) is 24.3 Å². The molecule has 192 valence electrons. The molecule has 4 rings (SSSR count). The van der Waals surface area contributed by atoms with Crippen LogP contribution < -0.4 is 9.92 Å². The molecular formula is C28H29N3O5S. The van der Waals surface area contributed by atoms with E-state index in [9.17, 15) is 18.3 Å². The van der Waals surface area contributed by atoms with Gasteiger partial charge in [0.2, 0.25) is 5.91 Å². The van der Waals surface area contributed by atoms with Gasteiger partial charge in [0, 0.05) is 24.5 Å². The van der Waals surface area contributed by atoms with E-state index in [1.165, 1.54) is 23.1 Å². The average molecular weight is 520 g/mol. The molecule has 4 aromatic rings. The summed E-state index contributed by atoms with van der Waals surface area (Å²) in [5.74, 6) is -0.264. The quantitative estimate of drug-likeness (QED) is 0.325. The molecule has 1 amide bonds. The van der Waals surface area contributed by atoms with E-state index in [0.717, 1.165) is 0 Å². The number of aromatic nitrogens is 1. The number of aliphatic hydroxyl groups excluding tert-OH is 1. The summed E-state index contributed by atoms with van der Waals surface area (Å²) in [6, 6.07) is 24.1. The summed E-state index contributed by atoms with van der Waals surface area (Å²) in [7, 11) is -2.45. The van der Waals surface area contributed by atoms with Gasteiger partial charge in [-0.05, 0) is 36.8 Å². The highest BCUT2D eigenvalue weighted by Crippen LogP contribution is 2.27. The van der Waals surface area contributed by atoms with Gasteiger partial charge in [0.1, 0.15) is 10.4 Å². The van der Waals surface area contributed by atoms with Crippen LogP contribution in [0.2, 0.25) is 0 Å². The van der Waals surface area contributed by atoms with Crippen LogP contribution >= 0.6 is 0 Å². The van der Waals surface area contributed by atoms with Gasteiger partial charge in [0.05, 0.1) is 18.2 Å². The first-order valence-corrected chi connectivity index (χ1v) is 13.2. The number of para-hydroxylation sites is 1. The lowest BCUT2D eigenvalue weighted by Gasteiger charge is -2.31. The molecule has 0 spiro atoms. The summed E-state index contributed by atoms with van der Waals surface area (Å²) < 4.78 is 30.9. The Morgan fingerprint density at radius 3 is 2.30 bits per heavy atom. The SMILES string of the molecule is C[C@H]([C@H](O)c1ccccc1)N(C)C(=O)[C@@H](N)Cc1ccc2cccc(OS(=O)(=O)c3ccccc3)c2n1. The summed E-state index contributed by atoms with van der Waals surface area (Å²) in [4.78, 5) is 19.1. The largest absolute Gasteiger partial charge is 0.386 e. The minimum Gasteiger partial charge on any atom is -0.386 e. The number of benzene rings is 3. The molecule has 0 fully saturated rings. The van der Waals surface area contributed by atoms with E-state index < -0.39 is 28.3 Å². The topological polar surface area (TPSA) is 123 Å². The molecule has 0 saturated carbocycles. The van der Waals surface area contributed by atoms with Gasteiger partial charge in [-0.25, -0.2) is 4.98 Å². The lowest BCUT2D eigenvalue weighted by molar-refractivity contribution is -0.135. The van der Waals surface area contributed by atoms with E-state index >= 15 is 0 Å². The number of aliphatic hydroxyl groups is 1. The Morgan fingerprint density at radius 2 is 1.62 bits per heavy atom. The lowest BCUT2D eigenvalue weighted by Crippen LogP contribution is -2.48. The van der Waals surface area contributed by atoms with Crippen molar-refractivity contribution < 1.29 is 22.5 Å². The third kappa shape index (κ3) is 5.96. The molecule has 0 bridgehead atoms. The maximum atomic E-state index is 13.1. The summed E-state index contributed by atoms with van der Waals surface area (Å²) in [5, 5.41) is 11.4. The fraction of sp³-hybridized carbons (Fsp3) is 0.214. The van der Waals surface area contributed by atoms with Crippen molar-refractivity contribution in [2.45, 2.75) is 36.4 Å². The van der Waals surface area contributed by atoms with E-state index in [1.54, 1.807) is 68.6 Å². The molecule has 9 heteroatoms. The third-order valence-electron chi connectivity index (χ3n) is 6.28.